The van der Waals surface area contributed by atoms with Crippen LogP contribution in [0.3, 0.4) is 0 Å². The summed E-state index contributed by atoms with van der Waals surface area (Å²) < 4.78 is 23.2. The summed E-state index contributed by atoms with van der Waals surface area (Å²) >= 11 is 0. The molecule has 7 heteroatoms. The van der Waals surface area contributed by atoms with Gasteiger partial charge in [-0.2, -0.15) is 0 Å². The van der Waals surface area contributed by atoms with Gasteiger partial charge >= 0.3 is 0 Å². The molecule has 1 saturated heterocycles. The quantitative estimate of drug-likeness (QED) is 0.389. The minimum absolute atomic E-state index is 0. The first-order valence-electron chi connectivity index (χ1n) is 8.76. The number of guanidine groups is 1. The molecule has 1 aromatic carbocycles. The summed E-state index contributed by atoms with van der Waals surface area (Å²) in [7, 11) is -2.84. The van der Waals surface area contributed by atoms with Crippen LogP contribution in [0.1, 0.15) is 43.4 Å². The van der Waals surface area contributed by atoms with Crippen molar-refractivity contribution in [1.82, 2.24) is 10.6 Å². The number of hydrogen-bond donors (Lipinski definition) is 2. The van der Waals surface area contributed by atoms with Gasteiger partial charge in [0.1, 0.15) is 0 Å². The van der Waals surface area contributed by atoms with Gasteiger partial charge in [0.2, 0.25) is 0 Å². The van der Waals surface area contributed by atoms with Gasteiger partial charge in [-0.1, -0.05) is 24.3 Å². The van der Waals surface area contributed by atoms with Crippen molar-refractivity contribution in [2.45, 2.75) is 45.2 Å². The maximum atomic E-state index is 11.6. The van der Waals surface area contributed by atoms with Gasteiger partial charge in [0.05, 0.1) is 17.5 Å². The second-order valence-corrected chi connectivity index (χ2v) is 9.33. The number of sulfone groups is 1. The van der Waals surface area contributed by atoms with Crippen molar-refractivity contribution in [3.05, 3.63) is 35.4 Å². The molecule has 1 aliphatic carbocycles. The van der Waals surface area contributed by atoms with Gasteiger partial charge < -0.3 is 10.6 Å². The molecule has 2 atom stereocenters. The maximum absolute atomic E-state index is 11.6. The first-order chi connectivity index (χ1) is 11.4. The normalized spacial score (nSPS) is 23.6. The number of rotatable bonds is 5. The summed E-state index contributed by atoms with van der Waals surface area (Å²) in [6.45, 7) is 4.82. The van der Waals surface area contributed by atoms with Crippen molar-refractivity contribution < 1.29 is 8.42 Å². The van der Waals surface area contributed by atoms with E-state index in [1.165, 1.54) is 24.0 Å². The minimum Gasteiger partial charge on any atom is -0.354 e. The van der Waals surface area contributed by atoms with Crippen LogP contribution in [-0.2, 0) is 9.84 Å². The van der Waals surface area contributed by atoms with E-state index in [-0.39, 0.29) is 41.7 Å². The molecule has 2 N–H and O–H groups in total. The fraction of sp³-hybridized carbons (Fsp3) is 0.611. The van der Waals surface area contributed by atoms with Crippen LogP contribution in [0.4, 0.5) is 0 Å². The average molecular weight is 477 g/mol. The highest BCUT2D eigenvalue weighted by atomic mass is 127. The highest BCUT2D eigenvalue weighted by molar-refractivity contribution is 14.0. The number of nitrogens with one attached hydrogen (secondary N) is 2. The molecule has 3 rings (SSSR count). The second kappa shape index (κ2) is 8.70. The Morgan fingerprint density at radius 1 is 1.28 bits per heavy atom. The predicted octanol–water partition coefficient (Wildman–Crippen LogP) is 2.81. The molecule has 5 nitrogen and oxygen atoms in total. The lowest BCUT2D eigenvalue weighted by Gasteiger charge is -2.20. The fourth-order valence-corrected chi connectivity index (χ4v) is 5.00. The van der Waals surface area contributed by atoms with E-state index in [4.69, 9.17) is 0 Å². The van der Waals surface area contributed by atoms with Crippen molar-refractivity contribution in [2.75, 3.05) is 18.1 Å². The van der Waals surface area contributed by atoms with Crippen LogP contribution in [0.2, 0.25) is 0 Å². The summed E-state index contributed by atoms with van der Waals surface area (Å²) in [5, 5.41) is 6.92. The molecule has 2 fully saturated rings. The first kappa shape index (κ1) is 20.5. The Balaban J connectivity index is 0.00000225. The molecule has 0 aromatic heterocycles. The molecule has 1 saturated carbocycles. The topological polar surface area (TPSA) is 70.6 Å². The molecule has 0 spiro atoms. The molecule has 140 valence electrons. The Morgan fingerprint density at radius 3 is 2.60 bits per heavy atom. The van der Waals surface area contributed by atoms with Crippen LogP contribution in [-0.4, -0.2) is 38.5 Å². The van der Waals surface area contributed by atoms with E-state index in [2.05, 4.69) is 47.7 Å². The monoisotopic (exact) mass is 477 g/mol. The van der Waals surface area contributed by atoms with Crippen molar-refractivity contribution in [3.8, 4) is 0 Å². The summed E-state index contributed by atoms with van der Waals surface area (Å²) in [4.78, 5) is 4.68. The minimum atomic E-state index is -2.84. The Bertz CT molecular complexity index is 717. The highest BCUT2D eigenvalue weighted by Crippen LogP contribution is 2.21. The van der Waals surface area contributed by atoms with Gasteiger partial charge in [-0.05, 0) is 50.2 Å². The van der Waals surface area contributed by atoms with E-state index in [0.717, 1.165) is 12.4 Å². The van der Waals surface area contributed by atoms with E-state index < -0.39 is 9.84 Å². The molecule has 2 unspecified atom stereocenters. The van der Waals surface area contributed by atoms with E-state index in [1.54, 1.807) is 0 Å². The molecular formula is C18H28IN3O2S. The number of aryl methyl sites for hydroxylation is 1. The van der Waals surface area contributed by atoms with Crippen LogP contribution < -0.4 is 10.6 Å². The Morgan fingerprint density at radius 2 is 2.00 bits per heavy atom. The van der Waals surface area contributed by atoms with Crippen molar-refractivity contribution in [1.29, 1.82) is 0 Å². The fourth-order valence-electron chi connectivity index (χ4n) is 3.15. The zero-order valence-electron chi connectivity index (χ0n) is 14.9. The van der Waals surface area contributed by atoms with Gasteiger partial charge in [0, 0.05) is 12.6 Å². The van der Waals surface area contributed by atoms with Crippen molar-refractivity contribution in [2.24, 2.45) is 10.9 Å². The third-order valence-electron chi connectivity index (χ3n) is 4.76. The second-order valence-electron chi connectivity index (χ2n) is 7.10. The van der Waals surface area contributed by atoms with E-state index in [1.807, 2.05) is 6.07 Å². The Kier molecular flexibility index (Phi) is 7.13. The van der Waals surface area contributed by atoms with Gasteiger partial charge in [0.15, 0.2) is 15.8 Å². The zero-order chi connectivity index (χ0) is 17.2. The third-order valence-corrected chi connectivity index (χ3v) is 6.60. The van der Waals surface area contributed by atoms with Gasteiger partial charge in [-0.3, -0.25) is 4.99 Å². The molecule has 1 heterocycles. The lowest BCUT2D eigenvalue weighted by Crippen LogP contribution is -2.40. The first-order valence-corrected chi connectivity index (χ1v) is 10.6. The molecule has 1 aromatic rings. The largest absolute Gasteiger partial charge is 0.354 e. The molecule has 0 bridgehead atoms. The molecular weight excluding hydrogens is 449 g/mol. The number of benzene rings is 1. The van der Waals surface area contributed by atoms with Crippen LogP contribution in [0.15, 0.2) is 29.3 Å². The molecule has 0 amide bonds. The van der Waals surface area contributed by atoms with Gasteiger partial charge in [-0.25, -0.2) is 8.42 Å². The Hall–Kier alpha value is -0.830. The van der Waals surface area contributed by atoms with Crippen LogP contribution in [0.25, 0.3) is 0 Å². The molecule has 1 aliphatic heterocycles. The number of halogens is 1. The lowest BCUT2D eigenvalue weighted by molar-refractivity contribution is 0.587. The molecule has 2 aliphatic rings. The van der Waals surface area contributed by atoms with E-state index in [0.29, 0.717) is 18.3 Å². The smallest absolute Gasteiger partial charge is 0.191 e. The van der Waals surface area contributed by atoms with E-state index in [9.17, 15) is 8.42 Å². The molecule has 25 heavy (non-hydrogen) atoms. The van der Waals surface area contributed by atoms with Crippen LogP contribution in [0.5, 0.6) is 0 Å². The molecule has 0 radical (unpaired) electrons. The van der Waals surface area contributed by atoms with Crippen molar-refractivity contribution >= 4 is 39.8 Å². The third kappa shape index (κ3) is 6.13. The predicted molar refractivity (Wildman–Crippen MR) is 113 cm³/mol. The number of hydrogen-bond acceptors (Lipinski definition) is 3. The number of aliphatic imine (C=N–C) groups is 1. The SMILES string of the molecule is Cc1ccccc1C(C)NC(=NCC1CCS(=O)(=O)C1)NC1CC1.I. The zero-order valence-corrected chi connectivity index (χ0v) is 18.0. The maximum Gasteiger partial charge on any atom is 0.191 e. The summed E-state index contributed by atoms with van der Waals surface area (Å²) in [5.74, 6) is 1.55. The van der Waals surface area contributed by atoms with Gasteiger partial charge in [-0.15, -0.1) is 24.0 Å². The van der Waals surface area contributed by atoms with E-state index >= 15 is 0 Å². The van der Waals surface area contributed by atoms with Crippen LogP contribution >= 0.6 is 24.0 Å². The lowest BCUT2D eigenvalue weighted by atomic mass is 10.0. The standard InChI is InChI=1S/C18H27N3O2S.HI/c1-13-5-3-4-6-17(13)14(2)20-18(21-16-7-8-16)19-11-15-9-10-24(22,23)12-15;/h3-6,14-16H,7-12H2,1-2H3,(H2,19,20,21);1H. The highest BCUT2D eigenvalue weighted by Gasteiger charge is 2.28. The summed E-state index contributed by atoms with van der Waals surface area (Å²) in [5.41, 5.74) is 2.51. The number of nitrogens with zero attached hydrogens (tertiary/aromatic N) is 1. The summed E-state index contributed by atoms with van der Waals surface area (Å²) in [6.07, 6.45) is 3.09. The average Bonchev–Trinajstić information content (AvgIpc) is 3.27. The van der Waals surface area contributed by atoms with Gasteiger partial charge in [0.25, 0.3) is 0 Å². The van der Waals surface area contributed by atoms with Crippen LogP contribution in [0, 0.1) is 12.8 Å². The Labute approximate surface area is 168 Å². The van der Waals surface area contributed by atoms with Crippen molar-refractivity contribution in [3.63, 3.8) is 0 Å². The summed E-state index contributed by atoms with van der Waals surface area (Å²) in [6, 6.07) is 9.00.